The Morgan fingerprint density at radius 2 is 1.96 bits per heavy atom. The highest BCUT2D eigenvalue weighted by molar-refractivity contribution is 6.00. The average molecular weight is 368 g/mol. The van der Waals surface area contributed by atoms with Crippen LogP contribution >= 0.6 is 12.4 Å². The highest BCUT2D eigenvalue weighted by Gasteiger charge is 2.25. The van der Waals surface area contributed by atoms with Crippen LogP contribution in [0.5, 0.6) is 5.75 Å². The van der Waals surface area contributed by atoms with Crippen molar-refractivity contribution < 1.29 is 18.7 Å². The van der Waals surface area contributed by atoms with Gasteiger partial charge in [0.15, 0.2) is 5.76 Å². The standard InChI is InChI=1S/C17H21N3O4.ClH/c1-10(2)15(20-16(21)14-5-4-8-24-14)17(22)19-11-6-7-13(23-3)12(18)9-11;/h4-10,15H,18H2,1-3H3,(H,19,22)(H,20,21);1H. The number of amides is 2. The number of furan rings is 1. The minimum atomic E-state index is -0.717. The molecule has 2 rings (SSSR count). The summed E-state index contributed by atoms with van der Waals surface area (Å²) in [7, 11) is 1.52. The Bertz CT molecular complexity index is 717. The summed E-state index contributed by atoms with van der Waals surface area (Å²) in [6.07, 6.45) is 1.40. The zero-order chi connectivity index (χ0) is 17.7. The minimum Gasteiger partial charge on any atom is -0.495 e. The van der Waals surface area contributed by atoms with Gasteiger partial charge in [-0.1, -0.05) is 13.8 Å². The second kappa shape index (κ2) is 8.98. The number of nitrogen functional groups attached to an aromatic ring is 1. The van der Waals surface area contributed by atoms with Gasteiger partial charge in [0.25, 0.3) is 5.91 Å². The predicted molar refractivity (Wildman–Crippen MR) is 98.1 cm³/mol. The summed E-state index contributed by atoms with van der Waals surface area (Å²) in [6, 6.07) is 7.37. The molecule has 0 spiro atoms. The molecule has 136 valence electrons. The van der Waals surface area contributed by atoms with E-state index in [1.54, 1.807) is 24.3 Å². The molecule has 1 heterocycles. The van der Waals surface area contributed by atoms with E-state index in [1.807, 2.05) is 13.8 Å². The summed E-state index contributed by atoms with van der Waals surface area (Å²) in [5.41, 5.74) is 6.77. The smallest absolute Gasteiger partial charge is 0.287 e. The summed E-state index contributed by atoms with van der Waals surface area (Å²) in [5.74, 6) is -0.209. The molecule has 0 aliphatic carbocycles. The molecule has 2 aromatic rings. The van der Waals surface area contributed by atoms with Crippen molar-refractivity contribution in [1.29, 1.82) is 0 Å². The Morgan fingerprint density at radius 3 is 2.48 bits per heavy atom. The maximum atomic E-state index is 12.5. The molecular weight excluding hydrogens is 346 g/mol. The van der Waals surface area contributed by atoms with Crippen molar-refractivity contribution in [2.45, 2.75) is 19.9 Å². The maximum Gasteiger partial charge on any atom is 0.287 e. The third kappa shape index (κ3) is 5.15. The SMILES string of the molecule is COc1ccc(NC(=O)C(NC(=O)c2ccco2)C(C)C)cc1N.Cl. The van der Waals surface area contributed by atoms with Crippen LogP contribution in [0.1, 0.15) is 24.4 Å². The van der Waals surface area contributed by atoms with Gasteiger partial charge >= 0.3 is 0 Å². The van der Waals surface area contributed by atoms with Crippen molar-refractivity contribution in [3.8, 4) is 5.75 Å². The fraction of sp³-hybridized carbons (Fsp3) is 0.294. The zero-order valence-corrected chi connectivity index (χ0v) is 15.1. The van der Waals surface area contributed by atoms with Gasteiger partial charge in [0.1, 0.15) is 11.8 Å². The van der Waals surface area contributed by atoms with Gasteiger partial charge in [0, 0.05) is 5.69 Å². The van der Waals surface area contributed by atoms with E-state index in [0.29, 0.717) is 17.1 Å². The molecule has 2 amide bonds. The lowest BCUT2D eigenvalue weighted by Gasteiger charge is -2.21. The Morgan fingerprint density at radius 1 is 1.24 bits per heavy atom. The van der Waals surface area contributed by atoms with Crippen LogP contribution < -0.4 is 21.1 Å². The van der Waals surface area contributed by atoms with E-state index in [2.05, 4.69) is 10.6 Å². The van der Waals surface area contributed by atoms with Crippen molar-refractivity contribution in [1.82, 2.24) is 5.32 Å². The minimum absolute atomic E-state index is 0. The van der Waals surface area contributed by atoms with Gasteiger partial charge in [0.05, 0.1) is 19.1 Å². The van der Waals surface area contributed by atoms with Gasteiger partial charge in [-0.15, -0.1) is 12.4 Å². The molecule has 0 saturated carbocycles. The Labute approximate surface area is 152 Å². The number of nitrogens with two attached hydrogens (primary N) is 1. The first-order chi connectivity index (χ1) is 11.4. The van der Waals surface area contributed by atoms with Crippen molar-refractivity contribution >= 4 is 35.6 Å². The highest BCUT2D eigenvalue weighted by atomic mass is 35.5. The van der Waals surface area contributed by atoms with E-state index in [0.717, 1.165) is 0 Å². The van der Waals surface area contributed by atoms with Crippen LogP contribution in [-0.4, -0.2) is 25.0 Å². The van der Waals surface area contributed by atoms with Gasteiger partial charge in [-0.25, -0.2) is 0 Å². The number of hydrogen-bond acceptors (Lipinski definition) is 5. The molecule has 0 saturated heterocycles. The number of methoxy groups -OCH3 is 1. The number of carbonyl (C=O) groups excluding carboxylic acids is 2. The van der Waals surface area contributed by atoms with Gasteiger partial charge in [-0.2, -0.15) is 0 Å². The molecule has 0 radical (unpaired) electrons. The van der Waals surface area contributed by atoms with Gasteiger partial charge in [-0.3, -0.25) is 9.59 Å². The van der Waals surface area contributed by atoms with E-state index in [4.69, 9.17) is 14.9 Å². The largest absolute Gasteiger partial charge is 0.495 e. The second-order valence-electron chi connectivity index (χ2n) is 5.62. The molecule has 0 aliphatic rings. The van der Waals surface area contributed by atoms with Crippen LogP contribution in [0, 0.1) is 5.92 Å². The molecule has 0 bridgehead atoms. The first-order valence-electron chi connectivity index (χ1n) is 7.51. The number of nitrogens with one attached hydrogen (secondary N) is 2. The summed E-state index contributed by atoms with van der Waals surface area (Å²) < 4.78 is 10.1. The fourth-order valence-corrected chi connectivity index (χ4v) is 2.19. The molecule has 25 heavy (non-hydrogen) atoms. The van der Waals surface area contributed by atoms with E-state index in [1.165, 1.54) is 19.4 Å². The first-order valence-corrected chi connectivity index (χ1v) is 7.51. The molecule has 8 heteroatoms. The normalized spacial score (nSPS) is 11.4. The molecule has 0 aliphatic heterocycles. The fourth-order valence-electron chi connectivity index (χ4n) is 2.19. The predicted octanol–water partition coefficient (Wildman–Crippen LogP) is 2.69. The topological polar surface area (TPSA) is 107 Å². The summed E-state index contributed by atoms with van der Waals surface area (Å²) >= 11 is 0. The zero-order valence-electron chi connectivity index (χ0n) is 14.2. The molecule has 1 aromatic heterocycles. The number of anilines is 2. The lowest BCUT2D eigenvalue weighted by atomic mass is 10.0. The highest BCUT2D eigenvalue weighted by Crippen LogP contribution is 2.24. The lowest BCUT2D eigenvalue weighted by molar-refractivity contribution is -0.118. The number of halogens is 1. The van der Waals surface area contributed by atoms with Crippen LogP contribution in [0.3, 0.4) is 0 Å². The number of rotatable bonds is 6. The Balaban J connectivity index is 0.00000312. The van der Waals surface area contributed by atoms with Gasteiger partial charge in [-0.05, 0) is 36.2 Å². The molecule has 1 unspecified atom stereocenters. The number of carbonyl (C=O) groups is 2. The van der Waals surface area contributed by atoms with Crippen molar-refractivity contribution in [2.75, 3.05) is 18.2 Å². The molecule has 4 N–H and O–H groups in total. The van der Waals surface area contributed by atoms with Crippen molar-refractivity contribution in [3.63, 3.8) is 0 Å². The van der Waals surface area contributed by atoms with E-state index < -0.39 is 11.9 Å². The number of hydrogen-bond donors (Lipinski definition) is 3. The average Bonchev–Trinajstić information content (AvgIpc) is 3.06. The summed E-state index contributed by atoms with van der Waals surface area (Å²) in [4.78, 5) is 24.6. The monoisotopic (exact) mass is 367 g/mol. The van der Waals surface area contributed by atoms with E-state index in [9.17, 15) is 9.59 Å². The van der Waals surface area contributed by atoms with Crippen LogP contribution in [0.25, 0.3) is 0 Å². The maximum absolute atomic E-state index is 12.5. The number of benzene rings is 1. The Kier molecular flexibility index (Phi) is 7.32. The first kappa shape index (κ1) is 20.4. The third-order valence-electron chi connectivity index (χ3n) is 3.48. The van der Waals surface area contributed by atoms with Crippen LogP contribution in [0.2, 0.25) is 0 Å². The molecular formula is C17H22ClN3O4. The Hall–Kier alpha value is -2.67. The van der Waals surface area contributed by atoms with Crippen molar-refractivity contribution in [2.24, 2.45) is 5.92 Å². The molecule has 0 fully saturated rings. The van der Waals surface area contributed by atoms with Crippen molar-refractivity contribution in [3.05, 3.63) is 42.4 Å². The van der Waals surface area contributed by atoms with E-state index in [-0.39, 0.29) is 30.0 Å². The molecule has 1 aromatic carbocycles. The third-order valence-corrected chi connectivity index (χ3v) is 3.48. The quantitative estimate of drug-likeness (QED) is 0.680. The van der Waals surface area contributed by atoms with Crippen LogP contribution in [-0.2, 0) is 4.79 Å². The van der Waals surface area contributed by atoms with Crippen LogP contribution in [0.4, 0.5) is 11.4 Å². The molecule has 1 atom stereocenters. The van der Waals surface area contributed by atoms with Gasteiger partial charge < -0.3 is 25.5 Å². The number of ether oxygens (including phenoxy) is 1. The summed E-state index contributed by atoms with van der Waals surface area (Å²) in [5, 5.41) is 5.42. The lowest BCUT2D eigenvalue weighted by Crippen LogP contribution is -2.47. The van der Waals surface area contributed by atoms with Gasteiger partial charge in [0.2, 0.25) is 5.91 Å². The van der Waals surface area contributed by atoms with Crippen LogP contribution in [0.15, 0.2) is 41.0 Å². The second-order valence-corrected chi connectivity index (χ2v) is 5.62. The summed E-state index contributed by atoms with van der Waals surface area (Å²) in [6.45, 7) is 3.68. The van der Waals surface area contributed by atoms with E-state index >= 15 is 0 Å². The molecule has 7 nitrogen and oxygen atoms in total.